The van der Waals surface area contributed by atoms with Crippen molar-refractivity contribution in [3.8, 4) is 0 Å². The van der Waals surface area contributed by atoms with Crippen LogP contribution in [0.25, 0.3) is 5.57 Å². The van der Waals surface area contributed by atoms with Crippen LogP contribution in [-0.2, 0) is 0 Å². The van der Waals surface area contributed by atoms with Crippen molar-refractivity contribution in [3.63, 3.8) is 0 Å². The molecule has 0 spiro atoms. The number of hydrogen-bond acceptors (Lipinski definition) is 7. The normalized spacial score (nSPS) is 20.4. The Morgan fingerprint density at radius 2 is 2.22 bits per heavy atom. The molecular weight excluding hydrogens is 342 g/mol. The van der Waals surface area contributed by atoms with Gasteiger partial charge in [0.05, 0.1) is 17.7 Å². The van der Waals surface area contributed by atoms with E-state index in [1.54, 1.807) is 12.4 Å². The summed E-state index contributed by atoms with van der Waals surface area (Å²) in [6, 6.07) is 0. The van der Waals surface area contributed by atoms with Crippen molar-refractivity contribution in [2.45, 2.75) is 40.3 Å². The predicted molar refractivity (Wildman–Crippen MR) is 110 cm³/mol. The first-order chi connectivity index (χ1) is 12.9. The molecule has 0 saturated heterocycles. The number of Topliss-reactive ketones (excluding diaryl/α,β-unsaturated/α-hetero) is 1. The summed E-state index contributed by atoms with van der Waals surface area (Å²) >= 11 is 0. The summed E-state index contributed by atoms with van der Waals surface area (Å²) in [5, 5.41) is 14.3. The first-order valence-corrected chi connectivity index (χ1v) is 9.43. The third kappa shape index (κ3) is 4.57. The predicted octanol–water partition coefficient (Wildman–Crippen LogP) is 2.04. The van der Waals surface area contributed by atoms with Crippen molar-refractivity contribution in [1.29, 1.82) is 5.41 Å². The Hall–Kier alpha value is -2.61. The number of aromatic nitrogens is 2. The van der Waals surface area contributed by atoms with Crippen molar-refractivity contribution < 1.29 is 4.79 Å². The number of rotatable bonds is 9. The lowest BCUT2D eigenvalue weighted by Gasteiger charge is -2.37. The van der Waals surface area contributed by atoms with Crippen LogP contribution in [0.5, 0.6) is 0 Å². The fourth-order valence-electron chi connectivity index (χ4n) is 3.01. The second kappa shape index (κ2) is 9.36. The number of nitrogens with one attached hydrogen (secondary N) is 4. The van der Waals surface area contributed by atoms with Gasteiger partial charge in [0.1, 0.15) is 11.5 Å². The minimum atomic E-state index is -0.264. The van der Waals surface area contributed by atoms with Gasteiger partial charge < -0.3 is 26.3 Å². The van der Waals surface area contributed by atoms with Crippen LogP contribution in [-0.4, -0.2) is 41.2 Å². The number of ketones is 1. The first-order valence-electron chi connectivity index (χ1n) is 9.43. The number of fused-ring (bicyclic) bond motifs is 1. The molecule has 2 rings (SSSR count). The van der Waals surface area contributed by atoms with Crippen molar-refractivity contribution in [1.82, 2.24) is 20.6 Å². The van der Waals surface area contributed by atoms with Gasteiger partial charge in [0.15, 0.2) is 11.6 Å². The number of nitrogens with zero attached hydrogens (tertiary/aromatic N) is 2. The van der Waals surface area contributed by atoms with Crippen LogP contribution in [0.4, 0.5) is 5.82 Å². The standard InChI is InChI=1S/C19H31N7O/c1-5-7-23-18-13(4)16(27)15-19(26(18)8-6-20)25-17(24-15)14(9-21)11-22-10-12(2)3/h6,8-9,11-13,18,21-23H,5,7,10,20H2,1-4H3,(H,24,25)/b8-6-,14-11+,21-9?. The van der Waals surface area contributed by atoms with Crippen LogP contribution in [0.1, 0.15) is 50.4 Å². The van der Waals surface area contributed by atoms with Gasteiger partial charge in [-0.15, -0.1) is 0 Å². The molecule has 0 fully saturated rings. The highest BCUT2D eigenvalue weighted by Gasteiger charge is 2.39. The van der Waals surface area contributed by atoms with Gasteiger partial charge in [-0.25, -0.2) is 4.98 Å². The van der Waals surface area contributed by atoms with Crippen LogP contribution in [0.15, 0.2) is 18.6 Å². The molecule has 0 aromatic carbocycles. The summed E-state index contributed by atoms with van der Waals surface area (Å²) in [4.78, 5) is 22.5. The molecule has 1 aromatic rings. The molecule has 27 heavy (non-hydrogen) atoms. The number of carbonyl (C=O) groups is 1. The van der Waals surface area contributed by atoms with E-state index in [2.05, 4.69) is 41.4 Å². The van der Waals surface area contributed by atoms with Crippen molar-refractivity contribution >= 4 is 23.4 Å². The van der Waals surface area contributed by atoms with Gasteiger partial charge in [-0.1, -0.05) is 27.7 Å². The number of imidazole rings is 1. The highest BCUT2D eigenvalue weighted by atomic mass is 16.1. The zero-order valence-electron chi connectivity index (χ0n) is 16.5. The third-order valence-electron chi connectivity index (χ3n) is 4.43. The number of aromatic amines is 1. The van der Waals surface area contributed by atoms with E-state index in [-0.39, 0.29) is 17.9 Å². The number of anilines is 1. The molecule has 0 radical (unpaired) electrons. The van der Waals surface area contributed by atoms with E-state index in [0.717, 1.165) is 19.5 Å². The lowest BCUT2D eigenvalue weighted by Crippen LogP contribution is -2.53. The largest absolute Gasteiger partial charge is 0.403 e. The molecule has 2 unspecified atom stereocenters. The molecule has 6 N–H and O–H groups in total. The Bertz CT molecular complexity index is 720. The zero-order chi connectivity index (χ0) is 20.0. The first kappa shape index (κ1) is 20.7. The second-order valence-corrected chi connectivity index (χ2v) is 7.13. The van der Waals surface area contributed by atoms with Crippen LogP contribution < -0.4 is 21.3 Å². The molecule has 148 valence electrons. The van der Waals surface area contributed by atoms with Gasteiger partial charge in [-0.05, 0) is 18.9 Å². The second-order valence-electron chi connectivity index (χ2n) is 7.13. The highest BCUT2D eigenvalue weighted by Crippen LogP contribution is 2.32. The monoisotopic (exact) mass is 373 g/mol. The molecule has 2 heterocycles. The molecular formula is C19H31N7O. The molecule has 8 nitrogen and oxygen atoms in total. The summed E-state index contributed by atoms with van der Waals surface area (Å²) in [5.74, 6) is 1.23. The third-order valence-corrected chi connectivity index (χ3v) is 4.43. The average molecular weight is 374 g/mol. The quantitative estimate of drug-likeness (QED) is 0.422. The molecule has 0 aliphatic carbocycles. The Morgan fingerprint density at radius 3 is 2.81 bits per heavy atom. The average Bonchev–Trinajstić information content (AvgIpc) is 3.08. The maximum absolute atomic E-state index is 12.9. The van der Waals surface area contributed by atoms with Crippen molar-refractivity contribution in [2.24, 2.45) is 17.6 Å². The van der Waals surface area contributed by atoms with Gasteiger partial charge in [0.25, 0.3) is 0 Å². The summed E-state index contributed by atoms with van der Waals surface area (Å²) in [5.41, 5.74) is 6.67. The van der Waals surface area contributed by atoms with Gasteiger partial charge in [-0.3, -0.25) is 10.1 Å². The zero-order valence-corrected chi connectivity index (χ0v) is 16.5. The van der Waals surface area contributed by atoms with E-state index in [9.17, 15) is 4.79 Å². The van der Waals surface area contributed by atoms with E-state index in [4.69, 9.17) is 11.1 Å². The minimum absolute atomic E-state index is 0.00139. The van der Waals surface area contributed by atoms with Gasteiger partial charge in [0.2, 0.25) is 0 Å². The number of nitrogens with two attached hydrogens (primary N) is 1. The molecule has 2 atom stereocenters. The smallest absolute Gasteiger partial charge is 0.189 e. The van der Waals surface area contributed by atoms with Gasteiger partial charge >= 0.3 is 0 Å². The van der Waals surface area contributed by atoms with Gasteiger partial charge in [-0.2, -0.15) is 0 Å². The number of allylic oxidation sites excluding steroid dienone is 1. The number of carbonyl (C=O) groups excluding carboxylic acids is 1. The molecule has 1 aromatic heterocycles. The van der Waals surface area contributed by atoms with E-state index in [1.807, 2.05) is 11.8 Å². The highest BCUT2D eigenvalue weighted by molar-refractivity contribution is 6.09. The van der Waals surface area contributed by atoms with Crippen LogP contribution in [0.3, 0.4) is 0 Å². The number of H-pyrrole nitrogens is 1. The lowest BCUT2D eigenvalue weighted by molar-refractivity contribution is 0.0887. The molecule has 0 bridgehead atoms. The van der Waals surface area contributed by atoms with Crippen LogP contribution >= 0.6 is 0 Å². The Balaban J connectivity index is 2.41. The topological polar surface area (TPSA) is 123 Å². The molecule has 0 amide bonds. The summed E-state index contributed by atoms with van der Waals surface area (Å²) in [6.07, 6.45) is 6.89. The van der Waals surface area contributed by atoms with Gasteiger partial charge in [0, 0.05) is 31.4 Å². The Morgan fingerprint density at radius 1 is 1.48 bits per heavy atom. The SMILES string of the molecule is CCCNC1C(C)C(=O)c2[nH]c(/C(C=N)=C/NCC(C)C)nc2N1/C=C\N. The number of hydrogen-bond donors (Lipinski definition) is 5. The lowest BCUT2D eigenvalue weighted by atomic mass is 9.95. The summed E-state index contributed by atoms with van der Waals surface area (Å²) in [6.45, 7) is 9.77. The molecule has 8 heteroatoms. The van der Waals surface area contributed by atoms with E-state index in [0.29, 0.717) is 28.8 Å². The Kier molecular flexibility index (Phi) is 7.18. The maximum Gasteiger partial charge on any atom is 0.189 e. The fourth-order valence-corrected chi connectivity index (χ4v) is 3.01. The minimum Gasteiger partial charge on any atom is -0.403 e. The van der Waals surface area contributed by atoms with Crippen molar-refractivity contribution in [2.75, 3.05) is 18.0 Å². The Labute approximate surface area is 160 Å². The molecule has 1 aliphatic rings. The summed E-state index contributed by atoms with van der Waals surface area (Å²) in [7, 11) is 0. The molecule has 1 aliphatic heterocycles. The van der Waals surface area contributed by atoms with E-state index in [1.165, 1.54) is 12.4 Å². The van der Waals surface area contributed by atoms with E-state index >= 15 is 0 Å². The fraction of sp³-hybridized carbons (Fsp3) is 0.526. The van der Waals surface area contributed by atoms with Crippen molar-refractivity contribution in [3.05, 3.63) is 30.1 Å². The van der Waals surface area contributed by atoms with Crippen LogP contribution in [0, 0.1) is 17.2 Å². The van der Waals surface area contributed by atoms with E-state index < -0.39 is 0 Å². The molecule has 0 saturated carbocycles. The van der Waals surface area contributed by atoms with Crippen LogP contribution in [0.2, 0.25) is 0 Å². The summed E-state index contributed by atoms with van der Waals surface area (Å²) < 4.78 is 0. The maximum atomic E-state index is 12.9.